The predicted octanol–water partition coefficient (Wildman–Crippen LogP) is 2.86. The van der Waals surface area contributed by atoms with Gasteiger partial charge in [0.15, 0.2) is 0 Å². The van der Waals surface area contributed by atoms with E-state index in [1.807, 2.05) is 54.9 Å². The maximum absolute atomic E-state index is 11.8. The molecular formula is C16H21N3O3. The van der Waals surface area contributed by atoms with Gasteiger partial charge in [0.05, 0.1) is 18.1 Å². The zero-order valence-corrected chi connectivity index (χ0v) is 12.9. The zero-order valence-electron chi connectivity index (χ0n) is 12.9. The van der Waals surface area contributed by atoms with Gasteiger partial charge in [0.25, 0.3) is 0 Å². The fourth-order valence-corrected chi connectivity index (χ4v) is 1.88. The second kappa shape index (κ2) is 8.19. The van der Waals surface area contributed by atoms with Gasteiger partial charge >= 0.3 is 6.09 Å². The van der Waals surface area contributed by atoms with Crippen LogP contribution < -0.4 is 5.32 Å². The smallest absolute Gasteiger partial charge is 0.407 e. The van der Waals surface area contributed by atoms with Crippen LogP contribution in [0.3, 0.4) is 0 Å². The first kappa shape index (κ1) is 16.0. The van der Waals surface area contributed by atoms with E-state index in [0.29, 0.717) is 13.3 Å². The summed E-state index contributed by atoms with van der Waals surface area (Å²) in [6.07, 6.45) is 3.06. The van der Waals surface area contributed by atoms with Crippen LogP contribution in [0.5, 0.6) is 0 Å². The maximum Gasteiger partial charge on any atom is 0.407 e. The molecule has 0 spiro atoms. The van der Waals surface area contributed by atoms with E-state index in [9.17, 15) is 4.79 Å². The predicted molar refractivity (Wildman–Crippen MR) is 82.0 cm³/mol. The highest BCUT2D eigenvalue weighted by Crippen LogP contribution is 2.10. The molecule has 0 aliphatic heterocycles. The first-order valence-corrected chi connectivity index (χ1v) is 7.25. The van der Waals surface area contributed by atoms with Crippen molar-refractivity contribution in [3.63, 3.8) is 0 Å². The standard InChI is InChI=1S/C16H21N3O3/c1-3-21-12-19-9-15(17-11-19)13(2)18-16(20)22-10-14-7-5-4-6-8-14/h4-9,11,13H,3,10,12H2,1-2H3,(H,18,20)/t13-/m0/s1. The Morgan fingerprint density at radius 2 is 2.14 bits per heavy atom. The Labute approximate surface area is 130 Å². The van der Waals surface area contributed by atoms with Gasteiger partial charge < -0.3 is 19.4 Å². The minimum atomic E-state index is -0.462. The molecule has 22 heavy (non-hydrogen) atoms. The fraction of sp³-hybridized carbons (Fsp3) is 0.375. The van der Waals surface area contributed by atoms with Crippen molar-refractivity contribution in [2.24, 2.45) is 0 Å². The van der Waals surface area contributed by atoms with E-state index in [1.54, 1.807) is 6.33 Å². The summed E-state index contributed by atoms with van der Waals surface area (Å²) in [5, 5.41) is 2.76. The maximum atomic E-state index is 11.8. The fourth-order valence-electron chi connectivity index (χ4n) is 1.88. The number of imidazole rings is 1. The van der Waals surface area contributed by atoms with E-state index >= 15 is 0 Å². The topological polar surface area (TPSA) is 65.4 Å². The lowest BCUT2D eigenvalue weighted by atomic mass is 10.2. The number of carbonyl (C=O) groups is 1. The third-order valence-corrected chi connectivity index (χ3v) is 3.09. The van der Waals surface area contributed by atoms with Gasteiger partial charge in [0, 0.05) is 12.8 Å². The lowest BCUT2D eigenvalue weighted by Gasteiger charge is -2.12. The van der Waals surface area contributed by atoms with Crippen LogP contribution in [0.2, 0.25) is 0 Å². The van der Waals surface area contributed by atoms with E-state index < -0.39 is 6.09 Å². The first-order chi connectivity index (χ1) is 10.7. The number of hydrogen-bond donors (Lipinski definition) is 1. The number of aromatic nitrogens is 2. The molecule has 1 N–H and O–H groups in total. The number of ether oxygens (including phenoxy) is 2. The Balaban J connectivity index is 1.79. The van der Waals surface area contributed by atoms with Crippen molar-refractivity contribution in [2.45, 2.75) is 33.2 Å². The van der Waals surface area contributed by atoms with E-state index in [4.69, 9.17) is 9.47 Å². The second-order valence-corrected chi connectivity index (χ2v) is 4.86. The molecule has 0 radical (unpaired) electrons. The van der Waals surface area contributed by atoms with Crippen LogP contribution in [0.25, 0.3) is 0 Å². The molecule has 6 heteroatoms. The van der Waals surface area contributed by atoms with Crippen molar-refractivity contribution in [1.29, 1.82) is 0 Å². The molecule has 1 atom stereocenters. The number of nitrogens with one attached hydrogen (secondary N) is 1. The number of carbonyl (C=O) groups excluding carboxylic acids is 1. The monoisotopic (exact) mass is 303 g/mol. The van der Waals surface area contributed by atoms with Crippen LogP contribution >= 0.6 is 0 Å². The summed E-state index contributed by atoms with van der Waals surface area (Å²) >= 11 is 0. The van der Waals surface area contributed by atoms with Gasteiger partial charge in [0.1, 0.15) is 13.3 Å². The van der Waals surface area contributed by atoms with Gasteiger partial charge in [-0.05, 0) is 19.4 Å². The zero-order chi connectivity index (χ0) is 15.8. The first-order valence-electron chi connectivity index (χ1n) is 7.25. The Kier molecular flexibility index (Phi) is 5.97. The summed E-state index contributed by atoms with van der Waals surface area (Å²) in [7, 11) is 0. The molecular weight excluding hydrogens is 282 g/mol. The van der Waals surface area contributed by atoms with Crippen LogP contribution in [0, 0.1) is 0 Å². The van der Waals surface area contributed by atoms with Crippen molar-refractivity contribution >= 4 is 6.09 Å². The van der Waals surface area contributed by atoms with Gasteiger partial charge in [-0.2, -0.15) is 0 Å². The minimum absolute atomic E-state index is 0.230. The van der Waals surface area contributed by atoms with Crippen LogP contribution in [0.1, 0.15) is 31.1 Å². The SMILES string of the molecule is CCOCn1cnc([C@H](C)NC(=O)OCc2ccccc2)c1. The summed E-state index contributed by atoms with van der Waals surface area (Å²) in [5.41, 5.74) is 1.71. The highest BCUT2D eigenvalue weighted by atomic mass is 16.5. The molecule has 0 bridgehead atoms. The Hall–Kier alpha value is -2.34. The van der Waals surface area contributed by atoms with Crippen molar-refractivity contribution in [3.8, 4) is 0 Å². The van der Waals surface area contributed by atoms with Crippen LogP contribution in [-0.2, 0) is 22.8 Å². The summed E-state index contributed by atoms with van der Waals surface area (Å²) in [6.45, 7) is 5.14. The Bertz CT molecular complexity index is 583. The van der Waals surface area contributed by atoms with Crippen LogP contribution in [0.15, 0.2) is 42.9 Å². The third kappa shape index (κ3) is 4.89. The van der Waals surface area contributed by atoms with Gasteiger partial charge in [0.2, 0.25) is 0 Å². The molecule has 0 fully saturated rings. The van der Waals surface area contributed by atoms with Gasteiger partial charge in [-0.1, -0.05) is 30.3 Å². The van der Waals surface area contributed by atoms with Crippen molar-refractivity contribution < 1.29 is 14.3 Å². The number of alkyl carbamates (subject to hydrolysis) is 1. The molecule has 0 unspecified atom stereocenters. The number of amides is 1. The molecule has 0 aliphatic carbocycles. The molecule has 1 aromatic carbocycles. The number of nitrogens with zero attached hydrogens (tertiary/aromatic N) is 2. The second-order valence-electron chi connectivity index (χ2n) is 4.86. The molecule has 2 rings (SSSR count). The summed E-state index contributed by atoms with van der Waals surface area (Å²) < 4.78 is 12.3. The van der Waals surface area contributed by atoms with Crippen molar-refractivity contribution in [1.82, 2.24) is 14.9 Å². The molecule has 0 aliphatic rings. The van der Waals surface area contributed by atoms with E-state index in [2.05, 4.69) is 10.3 Å². The normalized spacial score (nSPS) is 11.9. The van der Waals surface area contributed by atoms with Gasteiger partial charge in [-0.15, -0.1) is 0 Å². The minimum Gasteiger partial charge on any atom is -0.445 e. The number of rotatable bonds is 7. The molecule has 0 saturated heterocycles. The third-order valence-electron chi connectivity index (χ3n) is 3.09. The molecule has 118 valence electrons. The lowest BCUT2D eigenvalue weighted by molar-refractivity contribution is 0.0877. The Morgan fingerprint density at radius 1 is 1.36 bits per heavy atom. The average molecular weight is 303 g/mol. The highest BCUT2D eigenvalue weighted by molar-refractivity contribution is 5.67. The summed E-state index contributed by atoms with van der Waals surface area (Å²) in [5.74, 6) is 0. The molecule has 1 aromatic heterocycles. The molecule has 1 heterocycles. The molecule has 6 nitrogen and oxygen atoms in total. The largest absolute Gasteiger partial charge is 0.445 e. The van der Waals surface area contributed by atoms with Gasteiger partial charge in [-0.25, -0.2) is 9.78 Å². The molecule has 2 aromatic rings. The number of benzene rings is 1. The Morgan fingerprint density at radius 3 is 2.86 bits per heavy atom. The average Bonchev–Trinajstić information content (AvgIpc) is 3.01. The van der Waals surface area contributed by atoms with E-state index in [1.165, 1.54) is 0 Å². The van der Waals surface area contributed by atoms with Crippen LogP contribution in [0.4, 0.5) is 4.79 Å². The lowest BCUT2D eigenvalue weighted by Crippen LogP contribution is -2.27. The summed E-state index contributed by atoms with van der Waals surface area (Å²) in [4.78, 5) is 16.0. The number of hydrogen-bond acceptors (Lipinski definition) is 4. The quantitative estimate of drug-likeness (QED) is 0.854. The van der Waals surface area contributed by atoms with Gasteiger partial charge in [-0.3, -0.25) is 0 Å². The molecule has 1 amide bonds. The van der Waals surface area contributed by atoms with E-state index in [0.717, 1.165) is 11.3 Å². The summed E-state index contributed by atoms with van der Waals surface area (Å²) in [6, 6.07) is 9.32. The van der Waals surface area contributed by atoms with Crippen molar-refractivity contribution in [2.75, 3.05) is 6.61 Å². The highest BCUT2D eigenvalue weighted by Gasteiger charge is 2.13. The van der Waals surface area contributed by atoms with E-state index in [-0.39, 0.29) is 12.6 Å². The molecule has 0 saturated carbocycles. The van der Waals surface area contributed by atoms with Crippen molar-refractivity contribution in [3.05, 3.63) is 54.1 Å². The van der Waals surface area contributed by atoms with Crippen LogP contribution in [-0.4, -0.2) is 22.3 Å².